The van der Waals surface area contributed by atoms with Gasteiger partial charge in [-0.2, -0.15) is 0 Å². The quantitative estimate of drug-likeness (QED) is 0.517. The first-order valence-corrected chi connectivity index (χ1v) is 2.28. The van der Waals surface area contributed by atoms with Gasteiger partial charge >= 0.3 is 5.97 Å². The second-order valence-electron chi connectivity index (χ2n) is 0.681. The van der Waals surface area contributed by atoms with Gasteiger partial charge in [-0.25, -0.2) is 0 Å². The van der Waals surface area contributed by atoms with Crippen molar-refractivity contribution in [2.75, 3.05) is 6.16 Å². The fraction of sp³-hybridized carbons (Fsp3) is 0.500. The number of hydrogen-bond donors (Lipinski definition) is 1. The Labute approximate surface area is 36.2 Å². The summed E-state index contributed by atoms with van der Waals surface area (Å²) in [7, 11) is -0.326. The van der Waals surface area contributed by atoms with Crippen LogP contribution >= 0.6 is 8.46 Å². The maximum absolute atomic E-state index is 9.39. The minimum Gasteiger partial charge on any atom is -0.481 e. The van der Waals surface area contributed by atoms with Gasteiger partial charge in [-0.05, 0) is 0 Å². The molecule has 34 valence electrons. The normalized spacial score (nSPS) is 8.67. The van der Waals surface area contributed by atoms with E-state index in [0.29, 0.717) is 0 Å². The molecule has 0 radical (unpaired) electrons. The van der Waals surface area contributed by atoms with E-state index in [-0.39, 0.29) is 14.6 Å². The molecule has 0 aromatic carbocycles. The van der Waals surface area contributed by atoms with Crippen molar-refractivity contribution in [3.8, 4) is 0 Å². The summed E-state index contributed by atoms with van der Waals surface area (Å²) in [4.78, 5) is 9.39. The molecule has 0 aromatic heterocycles. The molecule has 0 aliphatic heterocycles. The van der Waals surface area contributed by atoms with Gasteiger partial charge in [0.05, 0.1) is 0 Å². The smallest absolute Gasteiger partial charge is 0.315 e. The molecule has 3 nitrogen and oxygen atoms in total. The third-order valence-corrected chi connectivity index (χ3v) is 0.599. The summed E-state index contributed by atoms with van der Waals surface area (Å²) in [6.07, 6.45) is -0.292. The van der Waals surface area contributed by atoms with Crippen LogP contribution in [0.15, 0.2) is 0 Å². The van der Waals surface area contributed by atoms with Crippen LogP contribution < -0.4 is 0 Å². The van der Waals surface area contributed by atoms with Crippen LogP contribution in [0.25, 0.3) is 0 Å². The van der Waals surface area contributed by atoms with Gasteiger partial charge in [-0.3, -0.25) is 9.36 Å². The minimum absolute atomic E-state index is 0.292. The standard InChI is InChI=1S/C2H3O3P/c3-2(4)1-6-5/h1H2,(H,3,4). The first kappa shape index (κ1) is 5.57. The van der Waals surface area contributed by atoms with E-state index in [0.717, 1.165) is 0 Å². The molecule has 0 spiro atoms. The number of hydrogen-bond acceptors (Lipinski definition) is 2. The first-order valence-electron chi connectivity index (χ1n) is 1.28. The van der Waals surface area contributed by atoms with E-state index in [1.165, 1.54) is 0 Å². The van der Waals surface area contributed by atoms with Crippen molar-refractivity contribution in [1.29, 1.82) is 0 Å². The lowest BCUT2D eigenvalue weighted by Crippen LogP contribution is -1.93. The van der Waals surface area contributed by atoms with Crippen LogP contribution in [-0.2, 0) is 9.36 Å². The number of carbonyl (C=O) groups is 1. The van der Waals surface area contributed by atoms with Gasteiger partial charge < -0.3 is 5.11 Å². The van der Waals surface area contributed by atoms with Crippen LogP contribution in [0.5, 0.6) is 0 Å². The highest BCUT2D eigenvalue weighted by Crippen LogP contribution is 1.86. The Balaban J connectivity index is 3.05. The van der Waals surface area contributed by atoms with Crippen molar-refractivity contribution in [3.63, 3.8) is 0 Å². The number of carboxylic acid groups (broad SMARTS) is 1. The molecule has 0 saturated carbocycles. The zero-order chi connectivity index (χ0) is 4.99. The Hall–Kier alpha value is -0.430. The second-order valence-corrected chi connectivity index (χ2v) is 1.26. The highest BCUT2D eigenvalue weighted by molar-refractivity contribution is 7.25. The van der Waals surface area contributed by atoms with E-state index >= 15 is 0 Å². The summed E-state index contributed by atoms with van der Waals surface area (Å²) in [5, 5.41) is 7.71. The molecule has 6 heavy (non-hydrogen) atoms. The molecular formula is C2H3O3P. The van der Waals surface area contributed by atoms with Crippen molar-refractivity contribution in [2.24, 2.45) is 0 Å². The van der Waals surface area contributed by atoms with Crippen LogP contribution in [0.2, 0.25) is 0 Å². The van der Waals surface area contributed by atoms with E-state index in [1.54, 1.807) is 0 Å². The second kappa shape index (κ2) is 2.79. The predicted molar refractivity (Wildman–Crippen MR) is 20.1 cm³/mol. The summed E-state index contributed by atoms with van der Waals surface area (Å²) in [5.74, 6) is -1.04. The molecule has 4 heteroatoms. The lowest BCUT2D eigenvalue weighted by molar-refractivity contribution is -0.133. The predicted octanol–water partition coefficient (Wildman–Crippen LogP) is 0.363. The Morgan fingerprint density at radius 2 is 2.33 bits per heavy atom. The molecular weight excluding hydrogens is 103 g/mol. The summed E-state index contributed by atoms with van der Waals surface area (Å²) in [5.41, 5.74) is 0. The molecule has 0 atom stereocenters. The average Bonchev–Trinajstić information content (AvgIpc) is 1.35. The van der Waals surface area contributed by atoms with E-state index in [1.807, 2.05) is 0 Å². The molecule has 0 amide bonds. The van der Waals surface area contributed by atoms with Crippen molar-refractivity contribution in [3.05, 3.63) is 0 Å². The van der Waals surface area contributed by atoms with Crippen LogP contribution in [0, 0.1) is 0 Å². The van der Waals surface area contributed by atoms with Crippen LogP contribution in [0.1, 0.15) is 0 Å². The lowest BCUT2D eigenvalue weighted by atomic mass is 10.8. The Morgan fingerprint density at radius 1 is 1.83 bits per heavy atom. The SMILES string of the molecule is O=PCC(=O)O. The Bertz CT molecular complexity index is 69.2. The monoisotopic (exact) mass is 106 g/mol. The molecule has 0 saturated heterocycles. The molecule has 0 rings (SSSR count). The molecule has 0 bridgehead atoms. The van der Waals surface area contributed by atoms with Crippen LogP contribution in [-0.4, -0.2) is 17.2 Å². The van der Waals surface area contributed by atoms with E-state index in [9.17, 15) is 9.36 Å². The number of rotatable bonds is 2. The van der Waals surface area contributed by atoms with E-state index in [4.69, 9.17) is 5.11 Å². The number of aliphatic carboxylic acids is 1. The molecule has 0 heterocycles. The van der Waals surface area contributed by atoms with E-state index in [2.05, 4.69) is 0 Å². The summed E-state index contributed by atoms with van der Waals surface area (Å²) < 4.78 is 9.33. The number of carboxylic acids is 1. The van der Waals surface area contributed by atoms with Crippen molar-refractivity contribution >= 4 is 14.4 Å². The highest BCUT2D eigenvalue weighted by Gasteiger charge is 1.89. The maximum atomic E-state index is 9.39. The summed E-state index contributed by atoms with van der Waals surface area (Å²) in [6.45, 7) is 0. The van der Waals surface area contributed by atoms with Gasteiger partial charge in [0, 0.05) is 0 Å². The molecule has 0 aliphatic rings. The average molecular weight is 106 g/mol. The fourth-order valence-electron chi connectivity index (χ4n) is 0.0552. The minimum atomic E-state index is -1.04. The largest absolute Gasteiger partial charge is 0.481 e. The van der Waals surface area contributed by atoms with Gasteiger partial charge in [0.1, 0.15) is 6.16 Å². The molecule has 0 unspecified atom stereocenters. The maximum Gasteiger partial charge on any atom is 0.315 e. The highest BCUT2D eigenvalue weighted by atomic mass is 31.1. The van der Waals surface area contributed by atoms with E-state index < -0.39 is 5.97 Å². The Kier molecular flexibility index (Phi) is 2.59. The van der Waals surface area contributed by atoms with Crippen molar-refractivity contribution in [2.45, 2.75) is 0 Å². The zero-order valence-corrected chi connectivity index (χ0v) is 3.81. The van der Waals surface area contributed by atoms with Crippen molar-refractivity contribution < 1.29 is 14.5 Å². The topological polar surface area (TPSA) is 54.4 Å². The first-order chi connectivity index (χ1) is 2.77. The van der Waals surface area contributed by atoms with Crippen molar-refractivity contribution in [1.82, 2.24) is 0 Å². The Morgan fingerprint density at radius 3 is 2.33 bits per heavy atom. The lowest BCUT2D eigenvalue weighted by Gasteiger charge is -1.70. The zero-order valence-electron chi connectivity index (χ0n) is 2.92. The van der Waals surface area contributed by atoms with Crippen LogP contribution in [0.4, 0.5) is 0 Å². The molecule has 1 N–H and O–H groups in total. The van der Waals surface area contributed by atoms with Gasteiger partial charge in [-0.1, -0.05) is 0 Å². The molecule has 0 aromatic rings. The van der Waals surface area contributed by atoms with Gasteiger partial charge in [0.2, 0.25) is 0 Å². The summed E-state index contributed by atoms with van der Waals surface area (Å²) >= 11 is 0. The molecule has 0 aliphatic carbocycles. The van der Waals surface area contributed by atoms with Gasteiger partial charge in [-0.15, -0.1) is 0 Å². The fourth-order valence-corrected chi connectivity index (χ4v) is 0.166. The summed E-state index contributed by atoms with van der Waals surface area (Å²) in [6, 6.07) is 0. The van der Waals surface area contributed by atoms with Gasteiger partial charge in [0.25, 0.3) is 0 Å². The van der Waals surface area contributed by atoms with Crippen LogP contribution in [0.3, 0.4) is 0 Å². The third-order valence-electron chi connectivity index (χ3n) is 0.200. The third kappa shape index (κ3) is 3.57. The molecule has 0 fully saturated rings. The van der Waals surface area contributed by atoms with Gasteiger partial charge in [0.15, 0.2) is 8.46 Å².